The Kier molecular flexibility index (Phi) is 4.37. The van der Waals surface area contributed by atoms with Crippen LogP contribution in [0.15, 0.2) is 24.5 Å². The van der Waals surface area contributed by atoms with Crippen molar-refractivity contribution in [2.45, 2.75) is 24.9 Å². The number of aryl methyl sites for hydroxylation is 1. The summed E-state index contributed by atoms with van der Waals surface area (Å²) < 4.78 is 40.2. The van der Waals surface area contributed by atoms with E-state index in [1.54, 1.807) is 30.3 Å². The molecule has 0 saturated carbocycles. The number of amides is 1. The van der Waals surface area contributed by atoms with Gasteiger partial charge in [-0.1, -0.05) is 11.3 Å². The van der Waals surface area contributed by atoms with Crippen molar-refractivity contribution in [1.29, 1.82) is 0 Å². The zero-order valence-corrected chi connectivity index (χ0v) is 15.2. The SMILES string of the molecule is Cn1cc(C(F)(F)F)nc1C1CCCN(C(=O)c2nc3cccnc3s2)C1. The van der Waals surface area contributed by atoms with Crippen molar-refractivity contribution in [3.05, 3.63) is 41.1 Å². The van der Waals surface area contributed by atoms with Crippen LogP contribution in [0, 0.1) is 0 Å². The molecule has 1 amide bonds. The summed E-state index contributed by atoms with van der Waals surface area (Å²) in [4.78, 5) is 27.5. The number of rotatable bonds is 2. The van der Waals surface area contributed by atoms with E-state index in [4.69, 9.17) is 0 Å². The quantitative estimate of drug-likeness (QED) is 0.667. The summed E-state index contributed by atoms with van der Waals surface area (Å²) in [5.41, 5.74) is -0.237. The number of carbonyl (C=O) groups is 1. The van der Waals surface area contributed by atoms with Crippen molar-refractivity contribution in [2.75, 3.05) is 13.1 Å². The molecule has 0 bridgehead atoms. The van der Waals surface area contributed by atoms with Gasteiger partial charge in [0.05, 0.1) is 0 Å². The van der Waals surface area contributed by atoms with Gasteiger partial charge in [-0.3, -0.25) is 4.79 Å². The first-order chi connectivity index (χ1) is 12.8. The second-order valence-electron chi connectivity index (χ2n) is 6.53. The fourth-order valence-electron chi connectivity index (χ4n) is 3.37. The fourth-order valence-corrected chi connectivity index (χ4v) is 4.24. The number of imidazole rings is 1. The van der Waals surface area contributed by atoms with Gasteiger partial charge in [-0.05, 0) is 25.0 Å². The molecule has 1 fully saturated rings. The number of hydrogen-bond donors (Lipinski definition) is 0. The van der Waals surface area contributed by atoms with Crippen LogP contribution in [0.25, 0.3) is 10.3 Å². The van der Waals surface area contributed by atoms with Crippen LogP contribution in [0.5, 0.6) is 0 Å². The highest BCUT2D eigenvalue weighted by Crippen LogP contribution is 2.33. The third-order valence-corrected chi connectivity index (χ3v) is 5.59. The van der Waals surface area contributed by atoms with Crippen LogP contribution in [-0.2, 0) is 13.2 Å². The number of carbonyl (C=O) groups excluding carboxylic acids is 1. The molecule has 10 heteroatoms. The first kappa shape index (κ1) is 17.9. The molecular weight excluding hydrogens is 379 g/mol. The van der Waals surface area contributed by atoms with Gasteiger partial charge in [-0.2, -0.15) is 13.2 Å². The Morgan fingerprint density at radius 2 is 2.15 bits per heavy atom. The maximum Gasteiger partial charge on any atom is 0.434 e. The number of thiazole rings is 1. The van der Waals surface area contributed by atoms with Gasteiger partial charge in [0, 0.05) is 38.4 Å². The van der Waals surface area contributed by atoms with E-state index < -0.39 is 11.9 Å². The van der Waals surface area contributed by atoms with E-state index in [-0.39, 0.29) is 11.8 Å². The van der Waals surface area contributed by atoms with Gasteiger partial charge < -0.3 is 9.47 Å². The predicted molar refractivity (Wildman–Crippen MR) is 93.5 cm³/mol. The number of piperidine rings is 1. The largest absolute Gasteiger partial charge is 0.434 e. The Labute approximate surface area is 156 Å². The number of fused-ring (bicyclic) bond motifs is 1. The summed E-state index contributed by atoms with van der Waals surface area (Å²) in [7, 11) is 1.55. The lowest BCUT2D eigenvalue weighted by molar-refractivity contribution is -0.141. The van der Waals surface area contributed by atoms with E-state index in [2.05, 4.69) is 15.0 Å². The summed E-state index contributed by atoms with van der Waals surface area (Å²) >= 11 is 1.22. The molecular formula is C17H16F3N5OS. The van der Waals surface area contributed by atoms with Gasteiger partial charge in [0.2, 0.25) is 0 Å². The smallest absolute Gasteiger partial charge is 0.337 e. The van der Waals surface area contributed by atoms with Gasteiger partial charge in [0.1, 0.15) is 16.2 Å². The molecule has 3 aromatic heterocycles. The van der Waals surface area contributed by atoms with Crippen LogP contribution < -0.4 is 0 Å². The standard InChI is InChI=1S/C17H16F3N5OS/c1-24-9-12(17(18,19)20)23-13(24)10-4-3-7-25(8-10)16(26)15-22-11-5-2-6-21-14(11)27-15/h2,5-6,9-10H,3-4,7-8H2,1H3. The molecule has 0 radical (unpaired) electrons. The fraction of sp³-hybridized carbons (Fsp3) is 0.412. The van der Waals surface area contributed by atoms with Gasteiger partial charge in [-0.25, -0.2) is 15.0 Å². The highest BCUT2D eigenvalue weighted by Gasteiger charge is 2.36. The van der Waals surface area contributed by atoms with Crippen molar-refractivity contribution in [3.63, 3.8) is 0 Å². The maximum atomic E-state index is 12.9. The topological polar surface area (TPSA) is 63.9 Å². The summed E-state index contributed by atoms with van der Waals surface area (Å²) in [6, 6.07) is 3.55. The minimum atomic E-state index is -4.48. The molecule has 0 N–H and O–H groups in total. The van der Waals surface area contributed by atoms with Crippen LogP contribution in [0.3, 0.4) is 0 Å². The molecule has 0 spiro atoms. The van der Waals surface area contributed by atoms with Crippen LogP contribution in [0.4, 0.5) is 13.2 Å². The Morgan fingerprint density at radius 1 is 1.33 bits per heavy atom. The first-order valence-electron chi connectivity index (χ1n) is 8.44. The molecule has 1 aliphatic heterocycles. The highest BCUT2D eigenvalue weighted by atomic mass is 32.1. The maximum absolute atomic E-state index is 12.9. The van der Waals surface area contributed by atoms with Crippen molar-refractivity contribution in [1.82, 2.24) is 24.4 Å². The molecule has 1 aliphatic rings. The average Bonchev–Trinajstić information content (AvgIpc) is 3.24. The van der Waals surface area contributed by atoms with Crippen LogP contribution in [0.2, 0.25) is 0 Å². The molecule has 4 rings (SSSR count). The summed E-state index contributed by atoms with van der Waals surface area (Å²) in [5.74, 6) is -0.102. The Morgan fingerprint density at radius 3 is 2.85 bits per heavy atom. The Balaban J connectivity index is 1.56. The molecule has 4 heterocycles. The van der Waals surface area contributed by atoms with Crippen molar-refractivity contribution in [3.8, 4) is 0 Å². The van der Waals surface area contributed by atoms with Gasteiger partial charge in [0.15, 0.2) is 10.7 Å². The van der Waals surface area contributed by atoms with E-state index in [9.17, 15) is 18.0 Å². The molecule has 1 atom stereocenters. The van der Waals surface area contributed by atoms with Crippen LogP contribution in [-0.4, -0.2) is 43.4 Å². The number of nitrogens with zero attached hydrogens (tertiary/aromatic N) is 5. The zero-order chi connectivity index (χ0) is 19.2. The van der Waals surface area contributed by atoms with Gasteiger partial charge in [0.25, 0.3) is 5.91 Å². The van der Waals surface area contributed by atoms with E-state index in [0.717, 1.165) is 6.20 Å². The number of halogens is 3. The predicted octanol–water partition coefficient (Wildman–Crippen LogP) is 3.46. The minimum absolute atomic E-state index is 0.215. The Hall–Kier alpha value is -2.49. The molecule has 6 nitrogen and oxygen atoms in total. The molecule has 142 valence electrons. The number of aromatic nitrogens is 4. The Bertz CT molecular complexity index is 963. The van der Waals surface area contributed by atoms with Crippen molar-refractivity contribution >= 4 is 27.6 Å². The summed E-state index contributed by atoms with van der Waals surface area (Å²) in [5, 5.41) is 0.347. The molecule has 3 aromatic rings. The lowest BCUT2D eigenvalue weighted by Crippen LogP contribution is -2.39. The second kappa shape index (κ2) is 6.59. The molecule has 0 aromatic carbocycles. The van der Waals surface area contributed by atoms with Crippen molar-refractivity contribution in [2.24, 2.45) is 7.05 Å². The second-order valence-corrected chi connectivity index (χ2v) is 7.51. The summed E-state index contributed by atoms with van der Waals surface area (Å²) in [6.45, 7) is 0.875. The number of pyridine rings is 1. The van der Waals surface area contributed by atoms with Crippen LogP contribution >= 0.6 is 11.3 Å². The number of hydrogen-bond acceptors (Lipinski definition) is 5. The normalized spacial score (nSPS) is 18.2. The molecule has 0 aliphatic carbocycles. The monoisotopic (exact) mass is 395 g/mol. The van der Waals surface area contributed by atoms with E-state index in [0.29, 0.717) is 47.1 Å². The third kappa shape index (κ3) is 3.41. The van der Waals surface area contributed by atoms with E-state index in [1.165, 1.54) is 15.9 Å². The number of likely N-dealkylation sites (tertiary alicyclic amines) is 1. The van der Waals surface area contributed by atoms with Gasteiger partial charge in [-0.15, -0.1) is 0 Å². The zero-order valence-electron chi connectivity index (χ0n) is 14.4. The van der Waals surface area contributed by atoms with Crippen LogP contribution in [0.1, 0.15) is 40.1 Å². The van der Waals surface area contributed by atoms with E-state index >= 15 is 0 Å². The first-order valence-corrected chi connectivity index (χ1v) is 9.26. The minimum Gasteiger partial charge on any atom is -0.337 e. The molecule has 27 heavy (non-hydrogen) atoms. The number of alkyl halides is 3. The lowest BCUT2D eigenvalue weighted by Gasteiger charge is -2.31. The molecule has 1 unspecified atom stereocenters. The van der Waals surface area contributed by atoms with Gasteiger partial charge >= 0.3 is 6.18 Å². The average molecular weight is 395 g/mol. The van der Waals surface area contributed by atoms with E-state index in [1.807, 2.05) is 0 Å². The third-order valence-electron chi connectivity index (χ3n) is 4.63. The molecule has 1 saturated heterocycles. The van der Waals surface area contributed by atoms with Crippen molar-refractivity contribution < 1.29 is 18.0 Å². The highest BCUT2D eigenvalue weighted by molar-refractivity contribution is 7.19. The summed E-state index contributed by atoms with van der Waals surface area (Å²) in [6.07, 6.45) is -0.449. The lowest BCUT2D eigenvalue weighted by atomic mass is 9.97.